The molecule has 0 aliphatic rings. The molecule has 1 radical (unpaired) electrons. The number of hydrogen-bond donors (Lipinski definition) is 2. The monoisotopic (exact) mass is 151 g/mol. The van der Waals surface area contributed by atoms with Crippen LogP contribution in [0.5, 0.6) is 11.5 Å². The van der Waals surface area contributed by atoms with Crippen LogP contribution < -0.4 is 0 Å². The summed E-state index contributed by atoms with van der Waals surface area (Å²) in [4.78, 5) is 9.90. The fraction of sp³-hybridized carbons (Fsp3) is 0.125. The third-order valence-corrected chi connectivity index (χ3v) is 1.32. The highest BCUT2D eigenvalue weighted by molar-refractivity contribution is 5.57. The maximum absolute atomic E-state index is 9.90. The van der Waals surface area contributed by atoms with Gasteiger partial charge in [-0.3, -0.25) is 4.79 Å². The number of aromatic hydroxyl groups is 2. The van der Waals surface area contributed by atoms with Gasteiger partial charge in [0.1, 0.15) is 0 Å². The number of phenols is 2. The lowest BCUT2D eigenvalue weighted by Crippen LogP contribution is -1.83. The van der Waals surface area contributed by atoms with E-state index < -0.39 is 0 Å². The smallest absolute Gasteiger partial charge is 0.203 e. The summed E-state index contributed by atoms with van der Waals surface area (Å²) in [5.74, 6) is -0.391. The van der Waals surface area contributed by atoms with E-state index in [1.807, 2.05) is 0 Å². The Kier molecular flexibility index (Phi) is 2.11. The molecular weight excluding hydrogens is 144 g/mol. The maximum atomic E-state index is 9.90. The highest BCUT2D eigenvalue weighted by Gasteiger charge is 1.99. The Bertz CT molecular complexity index is 268. The molecule has 0 aliphatic carbocycles. The van der Waals surface area contributed by atoms with Gasteiger partial charge in [-0.1, -0.05) is 6.07 Å². The van der Waals surface area contributed by atoms with Gasteiger partial charge in [0.2, 0.25) is 6.29 Å². The summed E-state index contributed by atoms with van der Waals surface area (Å²) in [7, 11) is 0. The van der Waals surface area contributed by atoms with E-state index in [9.17, 15) is 4.79 Å². The van der Waals surface area contributed by atoms with Crippen LogP contribution >= 0.6 is 0 Å². The highest BCUT2D eigenvalue weighted by atomic mass is 16.3. The molecule has 3 nitrogen and oxygen atoms in total. The number of benzene rings is 1. The largest absolute Gasteiger partial charge is 0.504 e. The summed E-state index contributed by atoms with van der Waals surface area (Å²) in [6.07, 6.45) is 1.82. The average molecular weight is 151 g/mol. The normalized spacial score (nSPS) is 9.45. The molecule has 2 N–H and O–H groups in total. The molecule has 0 spiro atoms. The second-order valence-corrected chi connectivity index (χ2v) is 2.14. The van der Waals surface area contributed by atoms with Crippen LogP contribution in [0.1, 0.15) is 5.56 Å². The van der Waals surface area contributed by atoms with Gasteiger partial charge in [-0.05, 0) is 17.7 Å². The third kappa shape index (κ3) is 1.70. The lowest BCUT2D eigenvalue weighted by Gasteiger charge is -1.98. The van der Waals surface area contributed by atoms with Crippen LogP contribution in [0.25, 0.3) is 0 Å². The van der Waals surface area contributed by atoms with E-state index in [4.69, 9.17) is 10.2 Å². The van der Waals surface area contributed by atoms with Gasteiger partial charge in [0.15, 0.2) is 11.5 Å². The molecule has 0 bridgehead atoms. The molecule has 1 aromatic carbocycles. The standard InChI is InChI=1S/C8H7O3/c9-4-3-6-1-2-7(10)8(11)5-6/h1-2,5,10-11H,3H2. The van der Waals surface area contributed by atoms with Crippen LogP contribution in [0, 0.1) is 0 Å². The molecule has 1 rings (SSSR count). The summed E-state index contributed by atoms with van der Waals surface area (Å²) in [5, 5.41) is 17.8. The maximum Gasteiger partial charge on any atom is 0.203 e. The van der Waals surface area contributed by atoms with Gasteiger partial charge in [-0.15, -0.1) is 0 Å². The van der Waals surface area contributed by atoms with Crippen molar-refractivity contribution in [3.8, 4) is 11.5 Å². The zero-order valence-corrected chi connectivity index (χ0v) is 5.74. The van der Waals surface area contributed by atoms with Crippen molar-refractivity contribution in [3.63, 3.8) is 0 Å². The number of hydrogen-bond acceptors (Lipinski definition) is 3. The molecule has 0 saturated heterocycles. The average Bonchev–Trinajstić information content (AvgIpc) is 1.98. The van der Waals surface area contributed by atoms with E-state index in [-0.39, 0.29) is 17.9 Å². The Morgan fingerprint density at radius 3 is 2.55 bits per heavy atom. The van der Waals surface area contributed by atoms with Crippen molar-refractivity contribution in [2.45, 2.75) is 6.42 Å². The van der Waals surface area contributed by atoms with Gasteiger partial charge in [-0.2, -0.15) is 0 Å². The topological polar surface area (TPSA) is 57.5 Å². The van der Waals surface area contributed by atoms with Crippen molar-refractivity contribution >= 4 is 6.29 Å². The molecular formula is C8H7O3. The van der Waals surface area contributed by atoms with Crippen molar-refractivity contribution in [2.24, 2.45) is 0 Å². The fourth-order valence-electron chi connectivity index (χ4n) is 0.762. The van der Waals surface area contributed by atoms with Gasteiger partial charge >= 0.3 is 0 Å². The van der Waals surface area contributed by atoms with E-state index in [1.54, 1.807) is 12.4 Å². The van der Waals surface area contributed by atoms with E-state index in [1.165, 1.54) is 12.1 Å². The Morgan fingerprint density at radius 2 is 2.00 bits per heavy atom. The molecule has 0 aromatic heterocycles. The Labute approximate surface area is 63.9 Å². The first-order chi connectivity index (χ1) is 5.24. The lowest BCUT2D eigenvalue weighted by molar-refractivity contribution is 0.403. The quantitative estimate of drug-likeness (QED) is 0.613. The second kappa shape index (κ2) is 3.05. The van der Waals surface area contributed by atoms with Crippen molar-refractivity contribution in [1.29, 1.82) is 0 Å². The minimum Gasteiger partial charge on any atom is -0.504 e. The van der Waals surface area contributed by atoms with Crippen LogP contribution in [0.2, 0.25) is 0 Å². The van der Waals surface area contributed by atoms with E-state index >= 15 is 0 Å². The summed E-state index contributed by atoms with van der Waals surface area (Å²) in [6.45, 7) is 0. The van der Waals surface area contributed by atoms with Gasteiger partial charge in [0.25, 0.3) is 0 Å². The van der Waals surface area contributed by atoms with Crippen molar-refractivity contribution in [1.82, 2.24) is 0 Å². The molecule has 0 fully saturated rings. The SMILES string of the molecule is O=[C]Cc1ccc(O)c(O)c1. The van der Waals surface area contributed by atoms with Gasteiger partial charge in [0.05, 0.1) is 0 Å². The van der Waals surface area contributed by atoms with Gasteiger partial charge < -0.3 is 10.2 Å². The summed E-state index contributed by atoms with van der Waals surface area (Å²) in [5.41, 5.74) is 0.635. The van der Waals surface area contributed by atoms with Crippen LogP contribution in [0.15, 0.2) is 18.2 Å². The van der Waals surface area contributed by atoms with E-state index in [2.05, 4.69) is 0 Å². The number of carbonyl (C=O) groups excluding carboxylic acids is 1. The first kappa shape index (κ1) is 7.60. The molecule has 11 heavy (non-hydrogen) atoms. The number of rotatable bonds is 2. The first-order valence-electron chi connectivity index (χ1n) is 3.10. The zero-order chi connectivity index (χ0) is 8.27. The first-order valence-corrected chi connectivity index (χ1v) is 3.10. The lowest BCUT2D eigenvalue weighted by atomic mass is 10.1. The Balaban J connectivity index is 2.95. The molecule has 1 aromatic rings. The fourth-order valence-corrected chi connectivity index (χ4v) is 0.762. The molecule has 0 amide bonds. The molecule has 57 valence electrons. The van der Waals surface area contributed by atoms with E-state index in [0.717, 1.165) is 0 Å². The highest BCUT2D eigenvalue weighted by Crippen LogP contribution is 2.24. The van der Waals surface area contributed by atoms with Crippen LogP contribution in [-0.2, 0) is 11.2 Å². The third-order valence-electron chi connectivity index (χ3n) is 1.32. The molecule has 3 heteroatoms. The Morgan fingerprint density at radius 1 is 1.27 bits per heavy atom. The predicted octanol–water partition coefficient (Wildman–Crippen LogP) is 0.750. The summed E-state index contributed by atoms with van der Waals surface area (Å²) in [6, 6.07) is 4.22. The van der Waals surface area contributed by atoms with E-state index in [0.29, 0.717) is 5.56 Å². The summed E-state index contributed by atoms with van der Waals surface area (Å²) < 4.78 is 0. The minimum absolute atomic E-state index is 0.133. The van der Waals surface area contributed by atoms with Gasteiger partial charge in [0, 0.05) is 6.42 Å². The van der Waals surface area contributed by atoms with Crippen LogP contribution in [-0.4, -0.2) is 16.5 Å². The molecule has 0 aliphatic heterocycles. The van der Waals surface area contributed by atoms with Gasteiger partial charge in [-0.25, -0.2) is 0 Å². The predicted molar refractivity (Wildman–Crippen MR) is 39.2 cm³/mol. The van der Waals surface area contributed by atoms with Crippen molar-refractivity contribution in [3.05, 3.63) is 23.8 Å². The van der Waals surface area contributed by atoms with Crippen LogP contribution in [0.3, 0.4) is 0 Å². The number of phenolic OH excluding ortho intramolecular Hbond substituents is 2. The zero-order valence-electron chi connectivity index (χ0n) is 5.74. The minimum atomic E-state index is -0.210. The van der Waals surface area contributed by atoms with Crippen molar-refractivity contribution in [2.75, 3.05) is 0 Å². The summed E-state index contributed by atoms with van der Waals surface area (Å²) >= 11 is 0. The van der Waals surface area contributed by atoms with Crippen molar-refractivity contribution < 1.29 is 15.0 Å². The molecule has 0 atom stereocenters. The Hall–Kier alpha value is -1.51. The second-order valence-electron chi connectivity index (χ2n) is 2.14. The molecule has 0 heterocycles. The molecule has 0 unspecified atom stereocenters. The molecule has 0 saturated carbocycles. The van der Waals surface area contributed by atoms with Crippen LogP contribution in [0.4, 0.5) is 0 Å².